The fourth-order valence-corrected chi connectivity index (χ4v) is 1.24. The summed E-state index contributed by atoms with van der Waals surface area (Å²) in [5, 5.41) is 8.59. The van der Waals surface area contributed by atoms with E-state index in [9.17, 15) is 4.79 Å². The normalized spacial score (nSPS) is 12.3. The van der Waals surface area contributed by atoms with Crippen LogP contribution in [0.5, 0.6) is 0 Å². The Bertz CT molecular complexity index is 227. The number of hydrogen-bond donors (Lipinski definition) is 1. The number of aliphatic carboxylic acids is 1. The second-order valence-electron chi connectivity index (χ2n) is 3.75. The molecule has 0 heterocycles. The minimum Gasteiger partial charge on any atom is -0.478 e. The van der Waals surface area contributed by atoms with E-state index in [1.54, 1.807) is 13.0 Å². The molecule has 2 nitrogen and oxygen atoms in total. The van der Waals surface area contributed by atoms with Gasteiger partial charge in [0.25, 0.3) is 0 Å². The van der Waals surface area contributed by atoms with Gasteiger partial charge in [0.15, 0.2) is 0 Å². The Morgan fingerprint density at radius 3 is 2.53 bits per heavy atom. The molecule has 0 radical (unpaired) electrons. The number of carboxylic acids is 1. The fourth-order valence-electron chi connectivity index (χ4n) is 1.24. The first-order valence-electron chi connectivity index (χ1n) is 5.73. The summed E-state index contributed by atoms with van der Waals surface area (Å²) in [6.45, 7) is 3.83. The minimum atomic E-state index is -0.827. The van der Waals surface area contributed by atoms with Crippen LogP contribution in [-0.4, -0.2) is 11.1 Å². The average molecular weight is 210 g/mol. The van der Waals surface area contributed by atoms with Crippen LogP contribution in [0.1, 0.15) is 52.4 Å². The molecule has 86 valence electrons. The zero-order valence-electron chi connectivity index (χ0n) is 9.83. The Balaban J connectivity index is 3.47. The van der Waals surface area contributed by atoms with Gasteiger partial charge >= 0.3 is 5.97 Å². The molecule has 0 aliphatic carbocycles. The van der Waals surface area contributed by atoms with Crippen LogP contribution in [0.4, 0.5) is 0 Å². The van der Waals surface area contributed by atoms with Crippen LogP contribution in [0.15, 0.2) is 23.8 Å². The van der Waals surface area contributed by atoms with Crippen molar-refractivity contribution in [2.24, 2.45) is 0 Å². The van der Waals surface area contributed by atoms with E-state index in [0.29, 0.717) is 5.57 Å². The van der Waals surface area contributed by atoms with E-state index < -0.39 is 5.97 Å². The van der Waals surface area contributed by atoms with Crippen molar-refractivity contribution in [1.82, 2.24) is 0 Å². The third-order valence-electron chi connectivity index (χ3n) is 2.29. The lowest BCUT2D eigenvalue weighted by Gasteiger charge is -1.94. The van der Waals surface area contributed by atoms with Gasteiger partial charge in [0.2, 0.25) is 0 Å². The first kappa shape index (κ1) is 13.9. The lowest BCUT2D eigenvalue weighted by atomic mass is 10.1. The Morgan fingerprint density at radius 2 is 1.93 bits per heavy atom. The van der Waals surface area contributed by atoms with Gasteiger partial charge in [0.05, 0.1) is 0 Å². The van der Waals surface area contributed by atoms with Crippen molar-refractivity contribution in [1.29, 1.82) is 0 Å². The highest BCUT2D eigenvalue weighted by Crippen LogP contribution is 2.03. The summed E-state index contributed by atoms with van der Waals surface area (Å²) in [6.07, 6.45) is 12.9. The van der Waals surface area contributed by atoms with Crippen LogP contribution in [-0.2, 0) is 4.79 Å². The van der Waals surface area contributed by atoms with Crippen molar-refractivity contribution < 1.29 is 9.90 Å². The molecule has 15 heavy (non-hydrogen) atoms. The van der Waals surface area contributed by atoms with Crippen LogP contribution in [0, 0.1) is 0 Å². The van der Waals surface area contributed by atoms with Gasteiger partial charge in [0, 0.05) is 5.57 Å². The quantitative estimate of drug-likeness (QED) is 0.374. The maximum absolute atomic E-state index is 10.4. The molecular formula is C13H22O2. The van der Waals surface area contributed by atoms with Gasteiger partial charge in [-0.3, -0.25) is 0 Å². The molecule has 0 aliphatic heterocycles. The van der Waals surface area contributed by atoms with Crippen LogP contribution in [0.2, 0.25) is 0 Å². The first-order valence-corrected chi connectivity index (χ1v) is 5.73. The minimum absolute atomic E-state index is 0.422. The maximum atomic E-state index is 10.4. The Morgan fingerprint density at radius 1 is 1.20 bits per heavy atom. The summed E-state index contributed by atoms with van der Waals surface area (Å²) in [6, 6.07) is 0. The van der Waals surface area contributed by atoms with Crippen molar-refractivity contribution in [3.63, 3.8) is 0 Å². The highest BCUT2D eigenvalue weighted by Gasteiger charge is 1.95. The molecule has 0 amide bonds. The SMILES string of the molecule is CCCCCCC=CCC=C(C)C(=O)O. The molecule has 0 atom stereocenters. The topological polar surface area (TPSA) is 37.3 Å². The molecule has 0 unspecified atom stereocenters. The number of unbranched alkanes of at least 4 members (excludes halogenated alkanes) is 4. The lowest BCUT2D eigenvalue weighted by Crippen LogP contribution is -1.94. The summed E-state index contributed by atoms with van der Waals surface area (Å²) < 4.78 is 0. The molecule has 0 bridgehead atoms. The lowest BCUT2D eigenvalue weighted by molar-refractivity contribution is -0.132. The summed E-state index contributed by atoms with van der Waals surface area (Å²) in [5.74, 6) is -0.827. The number of hydrogen-bond acceptors (Lipinski definition) is 1. The molecule has 0 aromatic carbocycles. The molecule has 0 aromatic heterocycles. The van der Waals surface area contributed by atoms with Gasteiger partial charge < -0.3 is 5.11 Å². The van der Waals surface area contributed by atoms with Crippen molar-refractivity contribution in [3.8, 4) is 0 Å². The number of allylic oxidation sites excluding steroid dienone is 3. The van der Waals surface area contributed by atoms with Crippen molar-refractivity contribution in [3.05, 3.63) is 23.8 Å². The molecule has 1 N–H and O–H groups in total. The zero-order chi connectivity index (χ0) is 11.5. The summed E-state index contributed by atoms with van der Waals surface area (Å²) in [4.78, 5) is 10.4. The number of rotatable bonds is 8. The van der Waals surface area contributed by atoms with E-state index in [-0.39, 0.29) is 0 Å². The van der Waals surface area contributed by atoms with Crippen molar-refractivity contribution in [2.45, 2.75) is 52.4 Å². The second kappa shape index (κ2) is 9.50. The van der Waals surface area contributed by atoms with Gasteiger partial charge in [0.1, 0.15) is 0 Å². The highest BCUT2D eigenvalue weighted by molar-refractivity contribution is 5.85. The van der Waals surface area contributed by atoms with Gasteiger partial charge in [-0.2, -0.15) is 0 Å². The summed E-state index contributed by atoms with van der Waals surface area (Å²) >= 11 is 0. The van der Waals surface area contributed by atoms with E-state index in [4.69, 9.17) is 5.11 Å². The van der Waals surface area contributed by atoms with Gasteiger partial charge in [-0.05, 0) is 26.2 Å². The first-order chi connectivity index (χ1) is 7.18. The Kier molecular flexibility index (Phi) is 8.84. The van der Waals surface area contributed by atoms with E-state index in [1.807, 2.05) is 6.08 Å². The molecule has 0 saturated carbocycles. The standard InChI is InChI=1S/C13H22O2/c1-3-4-5-6-7-8-9-10-11-12(2)13(14)15/h8-9,11H,3-7,10H2,1-2H3,(H,14,15). The molecule has 0 rings (SSSR count). The largest absolute Gasteiger partial charge is 0.478 e. The number of carbonyl (C=O) groups is 1. The zero-order valence-corrected chi connectivity index (χ0v) is 9.83. The van der Waals surface area contributed by atoms with Crippen LogP contribution < -0.4 is 0 Å². The molecule has 0 aliphatic rings. The second-order valence-corrected chi connectivity index (χ2v) is 3.75. The molecule has 0 saturated heterocycles. The summed E-state index contributed by atoms with van der Waals surface area (Å²) in [5.41, 5.74) is 0.422. The maximum Gasteiger partial charge on any atom is 0.330 e. The van der Waals surface area contributed by atoms with Crippen LogP contribution in [0.25, 0.3) is 0 Å². The van der Waals surface area contributed by atoms with E-state index in [1.165, 1.54) is 25.7 Å². The fraction of sp³-hybridized carbons (Fsp3) is 0.615. The Labute approximate surface area is 92.7 Å². The van der Waals surface area contributed by atoms with E-state index >= 15 is 0 Å². The van der Waals surface area contributed by atoms with Crippen LogP contribution in [0.3, 0.4) is 0 Å². The predicted octanol–water partition coefficient (Wildman–Crippen LogP) is 3.93. The Hall–Kier alpha value is -1.05. The molecule has 0 fully saturated rings. The highest BCUT2D eigenvalue weighted by atomic mass is 16.4. The average Bonchev–Trinajstić information content (AvgIpc) is 2.21. The van der Waals surface area contributed by atoms with Crippen LogP contribution >= 0.6 is 0 Å². The summed E-state index contributed by atoms with van der Waals surface area (Å²) in [7, 11) is 0. The monoisotopic (exact) mass is 210 g/mol. The third-order valence-corrected chi connectivity index (χ3v) is 2.29. The molecule has 0 spiro atoms. The predicted molar refractivity (Wildman–Crippen MR) is 63.9 cm³/mol. The molecule has 0 aromatic rings. The molecule has 2 heteroatoms. The van der Waals surface area contributed by atoms with Gasteiger partial charge in [-0.1, -0.05) is 44.4 Å². The van der Waals surface area contributed by atoms with Crippen molar-refractivity contribution in [2.75, 3.05) is 0 Å². The van der Waals surface area contributed by atoms with E-state index in [0.717, 1.165) is 12.8 Å². The van der Waals surface area contributed by atoms with Gasteiger partial charge in [-0.15, -0.1) is 0 Å². The number of carboxylic acid groups (broad SMARTS) is 1. The third kappa shape index (κ3) is 9.26. The smallest absolute Gasteiger partial charge is 0.330 e. The molecular weight excluding hydrogens is 188 g/mol. The van der Waals surface area contributed by atoms with E-state index in [2.05, 4.69) is 13.0 Å². The van der Waals surface area contributed by atoms with Gasteiger partial charge in [-0.25, -0.2) is 4.79 Å². The van der Waals surface area contributed by atoms with Crippen molar-refractivity contribution >= 4 is 5.97 Å².